The highest BCUT2D eigenvalue weighted by Gasteiger charge is 2.08. The first kappa shape index (κ1) is 17.7. The number of anilines is 2. The fraction of sp³-hybridized carbons (Fsp3) is 0.571. The first-order valence-electron chi connectivity index (χ1n) is 6.99. The topological polar surface area (TPSA) is 93.5 Å². The lowest BCUT2D eigenvalue weighted by Crippen LogP contribution is -2.36. The van der Waals surface area contributed by atoms with Gasteiger partial charge < -0.3 is 15.8 Å². The first-order valence-corrected chi connectivity index (χ1v) is 8.88. The third-order valence-corrected chi connectivity index (χ3v) is 3.72. The van der Waals surface area contributed by atoms with Crippen molar-refractivity contribution in [3.05, 3.63) is 23.8 Å². The Morgan fingerprint density at radius 3 is 2.71 bits per heavy atom. The van der Waals surface area contributed by atoms with Gasteiger partial charge in [-0.05, 0) is 44.0 Å². The maximum atomic E-state index is 11.1. The molecule has 21 heavy (non-hydrogen) atoms. The van der Waals surface area contributed by atoms with Gasteiger partial charge in [0.2, 0.25) is 10.0 Å². The SMILES string of the molecule is CCOCCc1cc(NCC(C)NS(C)(=O)=O)ccc1N. The van der Waals surface area contributed by atoms with Gasteiger partial charge in [-0.25, -0.2) is 13.1 Å². The monoisotopic (exact) mass is 315 g/mol. The number of nitrogens with two attached hydrogens (primary N) is 1. The molecule has 0 saturated heterocycles. The van der Waals surface area contributed by atoms with Gasteiger partial charge in [-0.1, -0.05) is 0 Å². The van der Waals surface area contributed by atoms with Gasteiger partial charge >= 0.3 is 0 Å². The minimum atomic E-state index is -3.18. The molecule has 4 N–H and O–H groups in total. The van der Waals surface area contributed by atoms with Crippen molar-refractivity contribution in [1.82, 2.24) is 4.72 Å². The Morgan fingerprint density at radius 2 is 2.10 bits per heavy atom. The standard InChI is InChI=1S/C14H25N3O3S/c1-4-20-8-7-12-9-13(5-6-14(12)15)16-10-11(2)17-21(3,18)19/h5-6,9,11,16-17H,4,7-8,10,15H2,1-3H3. The van der Waals surface area contributed by atoms with Crippen LogP contribution >= 0.6 is 0 Å². The molecule has 0 spiro atoms. The maximum Gasteiger partial charge on any atom is 0.209 e. The number of hydrogen-bond donors (Lipinski definition) is 3. The van der Waals surface area contributed by atoms with Crippen LogP contribution in [0.5, 0.6) is 0 Å². The van der Waals surface area contributed by atoms with E-state index in [0.717, 1.165) is 29.6 Å². The van der Waals surface area contributed by atoms with Gasteiger partial charge in [0.1, 0.15) is 0 Å². The molecule has 1 aromatic rings. The lowest BCUT2D eigenvalue weighted by atomic mass is 10.1. The van der Waals surface area contributed by atoms with E-state index in [9.17, 15) is 8.42 Å². The van der Waals surface area contributed by atoms with Crippen molar-refractivity contribution in [2.24, 2.45) is 0 Å². The van der Waals surface area contributed by atoms with E-state index in [1.807, 2.05) is 25.1 Å². The van der Waals surface area contributed by atoms with E-state index in [0.29, 0.717) is 19.8 Å². The highest BCUT2D eigenvalue weighted by molar-refractivity contribution is 7.88. The second-order valence-electron chi connectivity index (χ2n) is 5.03. The highest BCUT2D eigenvalue weighted by Crippen LogP contribution is 2.18. The van der Waals surface area contributed by atoms with Crippen LogP contribution in [0.15, 0.2) is 18.2 Å². The van der Waals surface area contributed by atoms with E-state index in [-0.39, 0.29) is 6.04 Å². The second kappa shape index (κ2) is 8.21. The molecular formula is C14H25N3O3S. The molecule has 120 valence electrons. The van der Waals surface area contributed by atoms with Gasteiger partial charge in [0.25, 0.3) is 0 Å². The quantitative estimate of drug-likeness (QED) is 0.470. The predicted octanol–water partition coefficient (Wildman–Crippen LogP) is 1.20. The van der Waals surface area contributed by atoms with Crippen molar-refractivity contribution in [2.45, 2.75) is 26.3 Å². The van der Waals surface area contributed by atoms with Crippen LogP contribution in [0.4, 0.5) is 11.4 Å². The van der Waals surface area contributed by atoms with Crippen LogP contribution < -0.4 is 15.8 Å². The number of rotatable bonds is 9. The van der Waals surface area contributed by atoms with Crippen molar-refractivity contribution in [3.63, 3.8) is 0 Å². The molecule has 1 unspecified atom stereocenters. The molecule has 1 aromatic carbocycles. The molecule has 1 rings (SSSR count). The smallest absolute Gasteiger partial charge is 0.209 e. The molecule has 6 nitrogen and oxygen atoms in total. The van der Waals surface area contributed by atoms with Crippen LogP contribution in [0.1, 0.15) is 19.4 Å². The Kier molecular flexibility index (Phi) is 6.94. The minimum Gasteiger partial charge on any atom is -0.399 e. The summed E-state index contributed by atoms with van der Waals surface area (Å²) in [5.74, 6) is 0. The zero-order valence-corrected chi connectivity index (χ0v) is 13.7. The lowest BCUT2D eigenvalue weighted by molar-refractivity contribution is 0.151. The predicted molar refractivity (Wildman–Crippen MR) is 87.0 cm³/mol. The largest absolute Gasteiger partial charge is 0.399 e. The Bertz CT molecular complexity index is 546. The summed E-state index contributed by atoms with van der Waals surface area (Å²) in [5, 5.41) is 3.20. The number of nitrogen functional groups attached to an aromatic ring is 1. The number of sulfonamides is 1. The van der Waals surface area contributed by atoms with E-state index >= 15 is 0 Å². The average molecular weight is 315 g/mol. The average Bonchev–Trinajstić information content (AvgIpc) is 2.37. The molecule has 0 saturated carbocycles. The molecule has 0 aromatic heterocycles. The number of ether oxygens (including phenoxy) is 1. The van der Waals surface area contributed by atoms with E-state index in [1.165, 1.54) is 0 Å². The number of hydrogen-bond acceptors (Lipinski definition) is 5. The third kappa shape index (κ3) is 7.31. The van der Waals surface area contributed by atoms with Crippen LogP contribution in [0.25, 0.3) is 0 Å². The second-order valence-corrected chi connectivity index (χ2v) is 6.81. The minimum absolute atomic E-state index is 0.190. The summed E-state index contributed by atoms with van der Waals surface area (Å²) in [5.41, 5.74) is 8.61. The molecule has 0 aliphatic carbocycles. The first-order chi connectivity index (χ1) is 9.81. The van der Waals surface area contributed by atoms with Gasteiger partial charge in [0.05, 0.1) is 12.9 Å². The fourth-order valence-corrected chi connectivity index (χ4v) is 2.75. The third-order valence-electron chi connectivity index (χ3n) is 2.89. The Hall–Kier alpha value is -1.31. The van der Waals surface area contributed by atoms with Crippen molar-refractivity contribution in [3.8, 4) is 0 Å². The summed E-state index contributed by atoms with van der Waals surface area (Å²) in [6.45, 7) is 5.59. The molecule has 0 amide bonds. The van der Waals surface area contributed by atoms with E-state index in [1.54, 1.807) is 6.92 Å². The molecule has 0 aliphatic rings. The normalized spacial score (nSPS) is 13.1. The summed E-state index contributed by atoms with van der Waals surface area (Å²) in [7, 11) is -3.18. The molecule has 0 heterocycles. The van der Waals surface area contributed by atoms with Crippen LogP contribution in [0.2, 0.25) is 0 Å². The van der Waals surface area contributed by atoms with E-state index in [2.05, 4.69) is 10.0 Å². The van der Waals surface area contributed by atoms with Crippen LogP contribution in [-0.4, -0.2) is 40.5 Å². The Balaban J connectivity index is 2.57. The van der Waals surface area contributed by atoms with Crippen molar-refractivity contribution in [2.75, 3.05) is 37.1 Å². The fourth-order valence-electron chi connectivity index (χ4n) is 1.94. The zero-order valence-electron chi connectivity index (χ0n) is 12.8. The van der Waals surface area contributed by atoms with E-state index < -0.39 is 10.0 Å². The van der Waals surface area contributed by atoms with Crippen LogP contribution in [0.3, 0.4) is 0 Å². The summed E-state index contributed by atoms with van der Waals surface area (Å²) in [6.07, 6.45) is 1.91. The molecule has 0 fully saturated rings. The molecule has 7 heteroatoms. The Morgan fingerprint density at radius 1 is 1.38 bits per heavy atom. The number of nitrogens with one attached hydrogen (secondary N) is 2. The summed E-state index contributed by atoms with van der Waals surface area (Å²) >= 11 is 0. The van der Waals surface area contributed by atoms with Gasteiger partial charge in [0.15, 0.2) is 0 Å². The van der Waals surface area contributed by atoms with E-state index in [4.69, 9.17) is 10.5 Å². The van der Waals surface area contributed by atoms with Gasteiger partial charge in [-0.3, -0.25) is 0 Å². The summed E-state index contributed by atoms with van der Waals surface area (Å²) in [4.78, 5) is 0. The Labute approximate surface area is 127 Å². The molecular weight excluding hydrogens is 290 g/mol. The molecule has 0 radical (unpaired) electrons. The highest BCUT2D eigenvalue weighted by atomic mass is 32.2. The zero-order chi connectivity index (χ0) is 15.9. The lowest BCUT2D eigenvalue weighted by Gasteiger charge is -2.15. The van der Waals surface area contributed by atoms with Crippen LogP contribution in [0, 0.1) is 0 Å². The van der Waals surface area contributed by atoms with Gasteiger partial charge in [0, 0.05) is 30.6 Å². The summed E-state index contributed by atoms with van der Waals surface area (Å²) in [6, 6.07) is 5.51. The summed E-state index contributed by atoms with van der Waals surface area (Å²) < 4.78 is 30.1. The van der Waals surface area contributed by atoms with Gasteiger partial charge in [-0.2, -0.15) is 0 Å². The van der Waals surface area contributed by atoms with Crippen molar-refractivity contribution < 1.29 is 13.2 Å². The number of benzene rings is 1. The molecule has 0 bridgehead atoms. The molecule has 1 atom stereocenters. The van der Waals surface area contributed by atoms with Crippen molar-refractivity contribution in [1.29, 1.82) is 0 Å². The van der Waals surface area contributed by atoms with Gasteiger partial charge in [-0.15, -0.1) is 0 Å². The molecule has 0 aliphatic heterocycles. The maximum absolute atomic E-state index is 11.1. The van der Waals surface area contributed by atoms with Crippen LogP contribution in [-0.2, 0) is 21.2 Å². The van der Waals surface area contributed by atoms with Crippen molar-refractivity contribution >= 4 is 21.4 Å².